The normalized spacial score (nSPS) is 26.3. The van der Waals surface area contributed by atoms with E-state index in [2.05, 4.69) is 0 Å². The summed E-state index contributed by atoms with van der Waals surface area (Å²) in [5.41, 5.74) is 3.43. The zero-order valence-electron chi connectivity index (χ0n) is 21.0. The molecule has 8 heteroatoms. The summed E-state index contributed by atoms with van der Waals surface area (Å²) in [5, 5.41) is 0. The summed E-state index contributed by atoms with van der Waals surface area (Å²) < 4.78 is 18.9. The summed E-state index contributed by atoms with van der Waals surface area (Å²) in [6.07, 6.45) is 1.83. The van der Waals surface area contributed by atoms with Gasteiger partial charge in [0.15, 0.2) is 0 Å². The number of amides is 2. The molecule has 0 radical (unpaired) electrons. The molecule has 1 aliphatic heterocycles. The van der Waals surface area contributed by atoms with Gasteiger partial charge in [0.2, 0.25) is 11.8 Å². The van der Waals surface area contributed by atoms with Crippen LogP contribution in [0.1, 0.15) is 53.5 Å². The van der Waals surface area contributed by atoms with Crippen molar-refractivity contribution in [3.63, 3.8) is 0 Å². The maximum Gasteiger partial charge on any atom is 0.306 e. The number of benzene rings is 3. The maximum atomic E-state index is 13.8. The third kappa shape index (κ3) is 3.83. The number of hydrogen-bond donors (Lipinski definition) is 0. The average Bonchev–Trinajstić information content (AvgIpc) is 3.21. The van der Waals surface area contributed by atoms with Gasteiger partial charge in [0.1, 0.15) is 22.2 Å². The average molecular weight is 566 g/mol. The first-order chi connectivity index (χ1) is 18.8. The molecule has 0 saturated carbocycles. The predicted molar refractivity (Wildman–Crippen MR) is 145 cm³/mol. The topological polar surface area (TPSA) is 63.7 Å². The molecule has 5 nitrogen and oxygen atoms in total. The Morgan fingerprint density at radius 1 is 0.769 bits per heavy atom. The molecule has 2 bridgehead atoms. The number of ether oxygens (including phenoxy) is 1. The highest BCUT2D eigenvalue weighted by molar-refractivity contribution is 6.36. The fraction of sp³-hybridized carbons (Fsp3) is 0.323. The van der Waals surface area contributed by atoms with E-state index in [9.17, 15) is 18.8 Å². The second-order valence-corrected chi connectivity index (χ2v) is 11.6. The fourth-order valence-electron chi connectivity index (χ4n) is 6.51. The molecular formula is C31H26Cl2FNO4. The lowest BCUT2D eigenvalue weighted by Gasteiger charge is -2.54. The SMILES string of the molecule is O=C(CCCCCN1C(=O)[C@@H]2[C@H](C1=O)C1(Cl)c3ccccc3C2(Cl)c2ccccc21)OCc1ccccc1F. The van der Waals surface area contributed by atoms with Gasteiger partial charge in [-0.15, -0.1) is 23.2 Å². The lowest BCUT2D eigenvalue weighted by Crippen LogP contribution is -2.57. The van der Waals surface area contributed by atoms with E-state index in [0.29, 0.717) is 24.8 Å². The van der Waals surface area contributed by atoms with Crippen LogP contribution in [0.5, 0.6) is 0 Å². The van der Waals surface area contributed by atoms with Crippen molar-refractivity contribution in [2.45, 2.75) is 42.0 Å². The largest absolute Gasteiger partial charge is 0.461 e. The smallest absolute Gasteiger partial charge is 0.306 e. The molecule has 0 N–H and O–H groups in total. The van der Waals surface area contributed by atoms with E-state index >= 15 is 0 Å². The number of unbranched alkanes of at least 4 members (excludes halogenated alkanes) is 2. The van der Waals surface area contributed by atoms with Crippen LogP contribution in [-0.2, 0) is 35.5 Å². The molecule has 4 aliphatic rings. The van der Waals surface area contributed by atoms with Crippen LogP contribution in [-0.4, -0.2) is 29.2 Å². The zero-order chi connectivity index (χ0) is 27.4. The number of halogens is 3. The van der Waals surface area contributed by atoms with Gasteiger partial charge in [-0.2, -0.15) is 0 Å². The number of carbonyl (C=O) groups is 3. The molecule has 0 unspecified atom stereocenters. The minimum atomic E-state index is -1.18. The number of likely N-dealkylation sites (tertiary alicyclic amines) is 1. The molecule has 39 heavy (non-hydrogen) atoms. The summed E-state index contributed by atoms with van der Waals surface area (Å²) in [7, 11) is 0. The van der Waals surface area contributed by atoms with Gasteiger partial charge in [-0.3, -0.25) is 19.3 Å². The van der Waals surface area contributed by atoms with Crippen LogP contribution in [0.4, 0.5) is 4.39 Å². The molecule has 1 fully saturated rings. The Morgan fingerprint density at radius 2 is 1.26 bits per heavy atom. The molecular weight excluding hydrogens is 540 g/mol. The molecule has 3 aromatic carbocycles. The molecule has 2 atom stereocenters. The number of nitrogens with zero attached hydrogens (tertiary/aromatic N) is 1. The second kappa shape index (κ2) is 9.76. The van der Waals surface area contributed by atoms with E-state index in [0.717, 1.165) is 22.3 Å². The lowest BCUT2D eigenvalue weighted by atomic mass is 9.54. The maximum absolute atomic E-state index is 13.8. The van der Waals surface area contributed by atoms with Crippen molar-refractivity contribution in [2.24, 2.45) is 11.8 Å². The Hall–Kier alpha value is -3.22. The number of hydrogen-bond acceptors (Lipinski definition) is 4. The van der Waals surface area contributed by atoms with E-state index in [1.807, 2.05) is 48.5 Å². The first-order valence-corrected chi connectivity index (χ1v) is 13.9. The number of imide groups is 1. The van der Waals surface area contributed by atoms with E-state index in [1.165, 1.54) is 11.0 Å². The van der Waals surface area contributed by atoms with Crippen LogP contribution in [0.15, 0.2) is 72.8 Å². The Bertz CT molecular complexity index is 1370. The number of esters is 1. The van der Waals surface area contributed by atoms with E-state index < -0.39 is 33.4 Å². The van der Waals surface area contributed by atoms with Crippen LogP contribution in [0, 0.1) is 17.7 Å². The van der Waals surface area contributed by atoms with Crippen molar-refractivity contribution in [3.8, 4) is 0 Å². The van der Waals surface area contributed by atoms with Crippen molar-refractivity contribution in [1.82, 2.24) is 4.90 Å². The molecule has 7 rings (SSSR count). The molecule has 1 heterocycles. The third-order valence-corrected chi connectivity index (χ3v) is 9.57. The molecule has 3 aliphatic carbocycles. The minimum Gasteiger partial charge on any atom is -0.461 e. The van der Waals surface area contributed by atoms with E-state index in [-0.39, 0.29) is 31.4 Å². The Kier molecular flexibility index (Phi) is 6.51. The molecule has 0 aromatic heterocycles. The van der Waals surface area contributed by atoms with Crippen molar-refractivity contribution in [1.29, 1.82) is 0 Å². The minimum absolute atomic E-state index is 0.115. The van der Waals surface area contributed by atoms with Crippen LogP contribution in [0.2, 0.25) is 0 Å². The van der Waals surface area contributed by atoms with Crippen molar-refractivity contribution in [3.05, 3.63) is 106 Å². The third-order valence-electron chi connectivity index (χ3n) is 8.29. The summed E-state index contributed by atoms with van der Waals surface area (Å²) in [5.74, 6) is -3.05. The lowest BCUT2D eigenvalue weighted by molar-refractivity contribution is -0.145. The van der Waals surface area contributed by atoms with Gasteiger partial charge in [-0.25, -0.2) is 4.39 Å². The summed E-state index contributed by atoms with van der Waals surface area (Å²) in [6, 6.07) is 21.3. The van der Waals surface area contributed by atoms with Gasteiger partial charge >= 0.3 is 5.97 Å². The van der Waals surface area contributed by atoms with Crippen molar-refractivity contribution >= 4 is 41.0 Å². The highest BCUT2D eigenvalue weighted by Crippen LogP contribution is 2.69. The first-order valence-electron chi connectivity index (χ1n) is 13.1. The van der Waals surface area contributed by atoms with Crippen molar-refractivity contribution in [2.75, 3.05) is 6.54 Å². The summed E-state index contributed by atoms with van der Waals surface area (Å²) in [6.45, 7) is 0.109. The standard InChI is InChI=1S/C31H26Cl2FNO4/c32-30-20-11-4-5-12-21(20)31(33,23-14-7-6-13-22(23)30)27-26(30)28(37)35(29(27)38)17-9-1-2-16-25(36)39-18-19-10-3-8-15-24(19)34/h3-8,10-15,26-27H,1-2,9,16-18H2/t26-,27+,30?,31?. The molecule has 3 aromatic rings. The summed E-state index contributed by atoms with van der Waals surface area (Å²) >= 11 is 14.8. The van der Waals surface area contributed by atoms with Gasteiger partial charge in [-0.1, -0.05) is 73.2 Å². The highest BCUT2D eigenvalue weighted by Gasteiger charge is 2.72. The predicted octanol–water partition coefficient (Wildman–Crippen LogP) is 6.02. The highest BCUT2D eigenvalue weighted by atomic mass is 35.5. The fourth-order valence-corrected chi connectivity index (χ4v) is 7.60. The quantitative estimate of drug-likeness (QED) is 0.145. The van der Waals surface area contributed by atoms with E-state index in [1.54, 1.807) is 18.2 Å². The Labute approximate surface area is 235 Å². The van der Waals surface area contributed by atoms with Crippen LogP contribution in [0.25, 0.3) is 0 Å². The Morgan fingerprint density at radius 3 is 1.77 bits per heavy atom. The molecule has 200 valence electrons. The second-order valence-electron chi connectivity index (χ2n) is 10.4. The van der Waals surface area contributed by atoms with Crippen molar-refractivity contribution < 1.29 is 23.5 Å². The van der Waals surface area contributed by atoms with Gasteiger partial charge in [-0.05, 0) is 41.2 Å². The molecule has 2 amide bonds. The Balaban J connectivity index is 1.13. The van der Waals surface area contributed by atoms with Gasteiger partial charge in [0.25, 0.3) is 0 Å². The first kappa shape index (κ1) is 26.0. The van der Waals surface area contributed by atoms with Gasteiger partial charge in [0, 0.05) is 18.5 Å². The van der Waals surface area contributed by atoms with Crippen LogP contribution >= 0.6 is 23.2 Å². The number of rotatable bonds is 8. The number of carbonyl (C=O) groups excluding carboxylic acids is 3. The zero-order valence-corrected chi connectivity index (χ0v) is 22.6. The van der Waals surface area contributed by atoms with Gasteiger partial charge in [0.05, 0.1) is 11.8 Å². The van der Waals surface area contributed by atoms with Crippen LogP contribution < -0.4 is 0 Å². The van der Waals surface area contributed by atoms with E-state index in [4.69, 9.17) is 27.9 Å². The molecule has 1 saturated heterocycles. The number of alkyl halides is 2. The van der Waals surface area contributed by atoms with Crippen LogP contribution in [0.3, 0.4) is 0 Å². The summed E-state index contributed by atoms with van der Waals surface area (Å²) in [4.78, 5) is 38.6. The molecule has 0 spiro atoms. The monoisotopic (exact) mass is 565 g/mol. The van der Waals surface area contributed by atoms with Gasteiger partial charge < -0.3 is 4.74 Å².